The second kappa shape index (κ2) is 4.28. The molecule has 1 aromatic heterocycles. The zero-order valence-electron chi connectivity index (χ0n) is 8.38. The predicted octanol–water partition coefficient (Wildman–Crippen LogP) is 1.91. The topological polar surface area (TPSA) is 72.3 Å². The molecule has 0 aliphatic heterocycles. The number of carboxylic acid groups (broad SMARTS) is 1. The van der Waals surface area contributed by atoms with Crippen LogP contribution in [0.1, 0.15) is 9.67 Å². The summed E-state index contributed by atoms with van der Waals surface area (Å²) in [5.74, 6) is -0.450. The molecule has 82 valence electrons. The highest BCUT2D eigenvalue weighted by molar-refractivity contribution is 7.08. The lowest BCUT2D eigenvalue weighted by atomic mass is 10.1. The van der Waals surface area contributed by atoms with Crippen molar-refractivity contribution in [2.45, 2.75) is 0 Å². The molecule has 0 saturated heterocycles. The normalized spacial score (nSPS) is 10.1. The van der Waals surface area contributed by atoms with Gasteiger partial charge in [-0.25, -0.2) is 4.79 Å². The molecule has 2 aromatic rings. The van der Waals surface area contributed by atoms with Crippen molar-refractivity contribution in [2.24, 2.45) is 0 Å². The fraction of sp³-hybridized carbons (Fsp3) is 0.100. The maximum absolute atomic E-state index is 10.9. The molecule has 0 radical (unpaired) electrons. The van der Waals surface area contributed by atoms with Crippen molar-refractivity contribution in [3.63, 3.8) is 0 Å². The van der Waals surface area contributed by atoms with Crippen LogP contribution < -0.4 is 4.74 Å². The van der Waals surface area contributed by atoms with Crippen molar-refractivity contribution in [2.75, 3.05) is 7.11 Å². The maximum Gasteiger partial charge on any atom is 0.349 e. The van der Waals surface area contributed by atoms with E-state index in [2.05, 4.69) is 9.59 Å². The number of aromatic carboxylic acids is 1. The number of hydrogen-bond acceptors (Lipinski definition) is 5. The first-order valence-corrected chi connectivity index (χ1v) is 5.20. The monoisotopic (exact) mass is 236 g/mol. The third-order valence-electron chi connectivity index (χ3n) is 2.04. The molecular formula is C10H8N2O3S. The molecule has 0 unspecified atom stereocenters. The number of methoxy groups -OCH3 is 1. The Morgan fingerprint density at radius 2 is 2.19 bits per heavy atom. The quantitative estimate of drug-likeness (QED) is 0.881. The number of rotatable bonds is 3. The fourth-order valence-electron chi connectivity index (χ4n) is 1.35. The van der Waals surface area contributed by atoms with Gasteiger partial charge in [0.05, 0.1) is 7.11 Å². The lowest BCUT2D eigenvalue weighted by Crippen LogP contribution is -1.97. The van der Waals surface area contributed by atoms with Gasteiger partial charge in [0.25, 0.3) is 0 Å². The molecule has 0 fully saturated rings. The van der Waals surface area contributed by atoms with Gasteiger partial charge in [0, 0.05) is 5.56 Å². The van der Waals surface area contributed by atoms with Crippen LogP contribution >= 0.6 is 11.5 Å². The standard InChI is InChI=1S/C10H8N2O3S/c1-15-7-5-3-2-4-6(7)8-9(10(13)14)16-12-11-8/h2-5H,1H3,(H,13,14). The van der Waals surface area contributed by atoms with Crippen molar-refractivity contribution in [3.05, 3.63) is 29.1 Å². The van der Waals surface area contributed by atoms with Crippen LogP contribution in [0.4, 0.5) is 0 Å². The van der Waals surface area contributed by atoms with Gasteiger partial charge in [0.1, 0.15) is 11.4 Å². The first-order chi connectivity index (χ1) is 7.74. The van der Waals surface area contributed by atoms with E-state index in [4.69, 9.17) is 9.84 Å². The Hall–Kier alpha value is -1.95. The average molecular weight is 236 g/mol. The van der Waals surface area contributed by atoms with E-state index in [1.807, 2.05) is 6.07 Å². The summed E-state index contributed by atoms with van der Waals surface area (Å²) in [7, 11) is 1.53. The molecule has 1 heterocycles. The smallest absolute Gasteiger partial charge is 0.349 e. The number of benzene rings is 1. The van der Waals surface area contributed by atoms with Crippen molar-refractivity contribution in [1.82, 2.24) is 9.59 Å². The lowest BCUT2D eigenvalue weighted by Gasteiger charge is -2.05. The number of carboxylic acids is 1. The van der Waals surface area contributed by atoms with Gasteiger partial charge < -0.3 is 9.84 Å². The van der Waals surface area contributed by atoms with Crippen LogP contribution in [-0.4, -0.2) is 27.8 Å². The Bertz CT molecular complexity index is 524. The van der Waals surface area contributed by atoms with E-state index in [1.54, 1.807) is 18.2 Å². The molecule has 6 heteroatoms. The highest BCUT2D eigenvalue weighted by Gasteiger charge is 2.19. The lowest BCUT2D eigenvalue weighted by molar-refractivity contribution is 0.0702. The van der Waals surface area contributed by atoms with Crippen LogP contribution in [0, 0.1) is 0 Å². The molecule has 0 aliphatic carbocycles. The number of ether oxygens (including phenoxy) is 1. The van der Waals surface area contributed by atoms with Crippen LogP contribution in [0.5, 0.6) is 5.75 Å². The summed E-state index contributed by atoms with van der Waals surface area (Å²) >= 11 is 0.855. The SMILES string of the molecule is COc1ccccc1-c1nnsc1C(=O)O. The summed E-state index contributed by atoms with van der Waals surface area (Å²) in [5.41, 5.74) is 0.978. The van der Waals surface area contributed by atoms with Gasteiger partial charge in [0.15, 0.2) is 4.88 Å². The van der Waals surface area contributed by atoms with E-state index in [9.17, 15) is 4.79 Å². The zero-order valence-corrected chi connectivity index (χ0v) is 9.19. The summed E-state index contributed by atoms with van der Waals surface area (Å²) in [6.07, 6.45) is 0. The molecule has 2 rings (SSSR count). The molecule has 16 heavy (non-hydrogen) atoms. The number of para-hydroxylation sites is 1. The van der Waals surface area contributed by atoms with Gasteiger partial charge in [-0.3, -0.25) is 0 Å². The number of hydrogen-bond donors (Lipinski definition) is 1. The second-order valence-electron chi connectivity index (χ2n) is 2.96. The van der Waals surface area contributed by atoms with Crippen LogP contribution in [0.2, 0.25) is 0 Å². The van der Waals surface area contributed by atoms with Crippen molar-refractivity contribution in [1.29, 1.82) is 0 Å². The van der Waals surface area contributed by atoms with Crippen molar-refractivity contribution in [3.8, 4) is 17.0 Å². The largest absolute Gasteiger partial charge is 0.496 e. The minimum atomic E-state index is -1.03. The number of nitrogens with zero attached hydrogens (tertiary/aromatic N) is 2. The van der Waals surface area contributed by atoms with Crippen molar-refractivity contribution < 1.29 is 14.6 Å². The van der Waals surface area contributed by atoms with Gasteiger partial charge in [-0.1, -0.05) is 16.6 Å². The van der Waals surface area contributed by atoms with E-state index in [-0.39, 0.29) is 4.88 Å². The Kier molecular flexibility index (Phi) is 2.82. The third-order valence-corrected chi connectivity index (χ3v) is 2.76. The van der Waals surface area contributed by atoms with E-state index in [1.165, 1.54) is 7.11 Å². The molecule has 1 aromatic carbocycles. The van der Waals surface area contributed by atoms with Gasteiger partial charge in [-0.15, -0.1) is 5.10 Å². The second-order valence-corrected chi connectivity index (χ2v) is 3.71. The van der Waals surface area contributed by atoms with Gasteiger partial charge >= 0.3 is 5.97 Å². The first-order valence-electron chi connectivity index (χ1n) is 4.43. The average Bonchev–Trinajstić information content (AvgIpc) is 2.77. The summed E-state index contributed by atoms with van der Waals surface area (Å²) in [5, 5.41) is 12.8. The Morgan fingerprint density at radius 3 is 2.88 bits per heavy atom. The van der Waals surface area contributed by atoms with E-state index < -0.39 is 5.97 Å². The summed E-state index contributed by atoms with van der Waals surface area (Å²) in [4.78, 5) is 11.1. The molecule has 0 amide bonds. The summed E-state index contributed by atoms with van der Waals surface area (Å²) in [6.45, 7) is 0. The molecule has 0 aliphatic rings. The highest BCUT2D eigenvalue weighted by Crippen LogP contribution is 2.31. The molecule has 1 N–H and O–H groups in total. The number of carbonyl (C=O) groups is 1. The molecule has 0 saturated carbocycles. The molecule has 0 spiro atoms. The van der Waals surface area contributed by atoms with Crippen LogP contribution in [0.3, 0.4) is 0 Å². The third kappa shape index (κ3) is 1.74. The van der Waals surface area contributed by atoms with Gasteiger partial charge in [-0.05, 0) is 23.7 Å². The summed E-state index contributed by atoms with van der Waals surface area (Å²) in [6, 6.07) is 7.10. The van der Waals surface area contributed by atoms with Crippen molar-refractivity contribution >= 4 is 17.5 Å². The predicted molar refractivity (Wildman–Crippen MR) is 58.9 cm³/mol. The minimum Gasteiger partial charge on any atom is -0.496 e. The summed E-state index contributed by atoms with van der Waals surface area (Å²) < 4.78 is 8.80. The fourth-order valence-corrected chi connectivity index (χ4v) is 1.87. The van der Waals surface area contributed by atoms with Crippen LogP contribution in [0.25, 0.3) is 11.3 Å². The van der Waals surface area contributed by atoms with Crippen LogP contribution in [0.15, 0.2) is 24.3 Å². The zero-order chi connectivity index (χ0) is 11.5. The Balaban J connectivity index is 2.58. The van der Waals surface area contributed by atoms with E-state index in [0.29, 0.717) is 17.0 Å². The van der Waals surface area contributed by atoms with E-state index in [0.717, 1.165) is 11.5 Å². The molecule has 0 bridgehead atoms. The van der Waals surface area contributed by atoms with Crippen LogP contribution in [-0.2, 0) is 0 Å². The highest BCUT2D eigenvalue weighted by atomic mass is 32.1. The Morgan fingerprint density at radius 1 is 1.44 bits per heavy atom. The Labute approximate surface area is 95.5 Å². The van der Waals surface area contributed by atoms with E-state index >= 15 is 0 Å². The van der Waals surface area contributed by atoms with Gasteiger partial charge in [0.2, 0.25) is 0 Å². The molecule has 5 nitrogen and oxygen atoms in total. The molecule has 0 atom stereocenters. The number of aromatic nitrogens is 2. The maximum atomic E-state index is 10.9. The van der Waals surface area contributed by atoms with Gasteiger partial charge in [-0.2, -0.15) is 0 Å². The molecular weight excluding hydrogens is 228 g/mol. The minimum absolute atomic E-state index is 0.115. The first kappa shape index (κ1) is 10.6.